The van der Waals surface area contributed by atoms with Crippen molar-refractivity contribution in [2.45, 2.75) is 51.4 Å². The summed E-state index contributed by atoms with van der Waals surface area (Å²) in [5.41, 5.74) is 12.1. The first-order chi connectivity index (χ1) is 18.5. The number of para-hydroxylation sites is 1. The number of fused-ring (bicyclic) bond motifs is 1. The van der Waals surface area contributed by atoms with Gasteiger partial charge < -0.3 is 35.7 Å². The second kappa shape index (κ2) is 11.8. The van der Waals surface area contributed by atoms with Crippen LogP contribution in [0.5, 0.6) is 5.75 Å². The Morgan fingerprint density at radius 2 is 1.95 bits per heavy atom. The third-order valence-corrected chi connectivity index (χ3v) is 7.55. The summed E-state index contributed by atoms with van der Waals surface area (Å²) in [6, 6.07) is 7.20. The maximum atomic E-state index is 13.8. The van der Waals surface area contributed by atoms with Gasteiger partial charge >= 0.3 is 13.7 Å². The molecular formula is C23H32N7O8P. The summed E-state index contributed by atoms with van der Waals surface area (Å²) >= 11 is 0. The van der Waals surface area contributed by atoms with Crippen LogP contribution in [0.1, 0.15) is 27.0 Å². The largest absolute Gasteiger partial charge is 0.462 e. The molecule has 1 fully saturated rings. The Kier molecular flexibility index (Phi) is 8.69. The van der Waals surface area contributed by atoms with E-state index < -0.39 is 50.7 Å². The van der Waals surface area contributed by atoms with E-state index in [4.69, 9.17) is 30.0 Å². The van der Waals surface area contributed by atoms with Crippen molar-refractivity contribution in [1.29, 1.82) is 0 Å². The molecule has 1 aliphatic heterocycles. The Morgan fingerprint density at radius 1 is 1.23 bits per heavy atom. The zero-order valence-electron chi connectivity index (χ0n) is 21.6. The van der Waals surface area contributed by atoms with E-state index in [-0.39, 0.29) is 41.4 Å². The second-order valence-corrected chi connectivity index (χ2v) is 10.9. The number of carbonyl (C=O) groups excluding carboxylic acids is 1. The average Bonchev–Trinajstić information content (AvgIpc) is 3.43. The van der Waals surface area contributed by atoms with E-state index in [0.717, 1.165) is 0 Å². The SMILES string of the molecule is CC(C)OC(=O)C(C)NP(=O)(OCC1OC(n2cnc3c(N)nc(N)nc32)C(O)C1CO)Oc1ccccc1. The van der Waals surface area contributed by atoms with Crippen LogP contribution in [0.25, 0.3) is 11.2 Å². The Morgan fingerprint density at radius 3 is 2.62 bits per heavy atom. The predicted molar refractivity (Wildman–Crippen MR) is 139 cm³/mol. The van der Waals surface area contributed by atoms with E-state index >= 15 is 0 Å². The lowest BCUT2D eigenvalue weighted by Gasteiger charge is -2.25. The van der Waals surface area contributed by atoms with Crippen LogP contribution in [-0.2, 0) is 23.4 Å². The molecule has 6 atom stereocenters. The summed E-state index contributed by atoms with van der Waals surface area (Å²) in [7, 11) is -4.20. The molecule has 3 heterocycles. The number of imidazole rings is 1. The van der Waals surface area contributed by atoms with Gasteiger partial charge in [0.15, 0.2) is 17.7 Å². The molecule has 16 heteroatoms. The number of aliphatic hydroxyl groups is 2. The number of rotatable bonds is 11. The maximum absolute atomic E-state index is 13.8. The molecule has 2 aromatic heterocycles. The topological polar surface area (TPSA) is 219 Å². The number of anilines is 2. The van der Waals surface area contributed by atoms with Crippen molar-refractivity contribution in [3.8, 4) is 5.75 Å². The molecule has 0 saturated carbocycles. The van der Waals surface area contributed by atoms with Gasteiger partial charge in [-0.2, -0.15) is 15.1 Å². The number of hydrogen-bond acceptors (Lipinski definition) is 13. The fourth-order valence-corrected chi connectivity index (χ4v) is 5.56. The van der Waals surface area contributed by atoms with Gasteiger partial charge in [0.1, 0.15) is 23.4 Å². The minimum Gasteiger partial charge on any atom is -0.462 e. The summed E-state index contributed by atoms with van der Waals surface area (Å²) < 4.78 is 37.7. The lowest BCUT2D eigenvalue weighted by Crippen LogP contribution is -2.37. The minimum absolute atomic E-state index is 0.0533. The van der Waals surface area contributed by atoms with E-state index in [1.165, 1.54) is 17.8 Å². The number of nitrogen functional groups attached to an aromatic ring is 2. The first kappa shape index (κ1) is 28.7. The molecule has 1 saturated heterocycles. The molecule has 0 amide bonds. The second-order valence-electron chi connectivity index (χ2n) is 9.23. The Labute approximate surface area is 224 Å². The molecule has 6 unspecified atom stereocenters. The third-order valence-electron chi connectivity index (χ3n) is 5.91. The Balaban J connectivity index is 1.54. The van der Waals surface area contributed by atoms with Crippen LogP contribution in [0, 0.1) is 5.92 Å². The lowest BCUT2D eigenvalue weighted by molar-refractivity contribution is -0.149. The van der Waals surface area contributed by atoms with Crippen LogP contribution in [0.4, 0.5) is 11.8 Å². The molecule has 4 rings (SSSR count). The van der Waals surface area contributed by atoms with Crippen LogP contribution in [0.3, 0.4) is 0 Å². The maximum Gasteiger partial charge on any atom is 0.459 e. The monoisotopic (exact) mass is 565 g/mol. The fraction of sp³-hybridized carbons (Fsp3) is 0.478. The normalized spacial score (nSPS) is 23.5. The number of hydrogen-bond donors (Lipinski definition) is 5. The highest BCUT2D eigenvalue weighted by molar-refractivity contribution is 7.52. The number of ether oxygens (including phenoxy) is 2. The smallest absolute Gasteiger partial charge is 0.459 e. The molecule has 39 heavy (non-hydrogen) atoms. The summed E-state index contributed by atoms with van der Waals surface area (Å²) in [4.78, 5) is 24.5. The molecule has 0 spiro atoms. The van der Waals surface area contributed by atoms with Crippen molar-refractivity contribution in [1.82, 2.24) is 24.6 Å². The molecule has 1 aliphatic rings. The van der Waals surface area contributed by atoms with Crippen molar-refractivity contribution < 1.29 is 38.1 Å². The number of nitrogens with one attached hydrogen (secondary N) is 1. The van der Waals surface area contributed by atoms with Crippen molar-refractivity contribution in [2.75, 3.05) is 24.7 Å². The molecule has 7 N–H and O–H groups in total. The number of benzene rings is 1. The summed E-state index contributed by atoms with van der Waals surface area (Å²) in [6.07, 6.45) is -2.27. The van der Waals surface area contributed by atoms with E-state index in [9.17, 15) is 19.6 Å². The molecule has 1 aromatic carbocycles. The summed E-state index contributed by atoms with van der Waals surface area (Å²) in [6.45, 7) is 3.97. The van der Waals surface area contributed by atoms with Gasteiger partial charge in [-0.25, -0.2) is 9.55 Å². The van der Waals surface area contributed by atoms with E-state index in [1.54, 1.807) is 44.2 Å². The van der Waals surface area contributed by atoms with Crippen LogP contribution in [0.15, 0.2) is 36.7 Å². The van der Waals surface area contributed by atoms with Gasteiger partial charge in [0.2, 0.25) is 5.95 Å². The quantitative estimate of drug-likeness (QED) is 0.162. The van der Waals surface area contributed by atoms with Crippen molar-refractivity contribution >= 4 is 36.6 Å². The molecule has 15 nitrogen and oxygen atoms in total. The third kappa shape index (κ3) is 6.46. The zero-order valence-corrected chi connectivity index (χ0v) is 22.5. The van der Waals surface area contributed by atoms with Gasteiger partial charge in [0.05, 0.1) is 31.7 Å². The van der Waals surface area contributed by atoms with Crippen LogP contribution < -0.4 is 21.1 Å². The highest BCUT2D eigenvalue weighted by Gasteiger charge is 2.46. The van der Waals surface area contributed by atoms with Crippen molar-refractivity contribution in [3.63, 3.8) is 0 Å². The number of nitrogens with zero attached hydrogens (tertiary/aromatic N) is 4. The minimum atomic E-state index is -4.20. The number of aliphatic hydroxyl groups excluding tert-OH is 2. The highest BCUT2D eigenvalue weighted by atomic mass is 31.2. The van der Waals surface area contributed by atoms with E-state index in [2.05, 4.69) is 20.0 Å². The predicted octanol–water partition coefficient (Wildman–Crippen LogP) is 0.991. The first-order valence-electron chi connectivity index (χ1n) is 12.2. The highest BCUT2D eigenvalue weighted by Crippen LogP contribution is 2.46. The van der Waals surface area contributed by atoms with Gasteiger partial charge in [-0.1, -0.05) is 18.2 Å². The first-order valence-corrected chi connectivity index (χ1v) is 13.7. The Bertz CT molecular complexity index is 1340. The number of esters is 1. The van der Waals surface area contributed by atoms with Gasteiger partial charge in [-0.15, -0.1) is 0 Å². The van der Waals surface area contributed by atoms with Gasteiger partial charge in [-0.3, -0.25) is 13.9 Å². The standard InChI is InChI=1S/C23H32N7O8P/c1-12(2)36-22(33)13(3)29-39(34,38-14-7-5-4-6-8-14)35-10-16-15(9-31)18(32)21(37-16)30-11-26-17-19(24)27-23(25)28-20(17)30/h4-8,11-13,15-16,18,21,31-32H,9-10H2,1-3H3,(H,29,34)(H4,24,25,27,28). The van der Waals surface area contributed by atoms with Gasteiger partial charge in [-0.05, 0) is 32.9 Å². The lowest BCUT2D eigenvalue weighted by atomic mass is 9.99. The van der Waals surface area contributed by atoms with Gasteiger partial charge in [0, 0.05) is 5.92 Å². The number of aromatic nitrogens is 4. The Hall–Kier alpha value is -3.33. The van der Waals surface area contributed by atoms with Crippen LogP contribution in [-0.4, -0.2) is 73.3 Å². The summed E-state index contributed by atoms with van der Waals surface area (Å²) in [5, 5.41) is 23.6. The van der Waals surface area contributed by atoms with E-state index in [0.29, 0.717) is 0 Å². The van der Waals surface area contributed by atoms with E-state index in [1.807, 2.05) is 0 Å². The van der Waals surface area contributed by atoms with Crippen molar-refractivity contribution in [2.24, 2.45) is 5.92 Å². The molecule has 212 valence electrons. The van der Waals surface area contributed by atoms with Crippen LogP contribution in [0.2, 0.25) is 0 Å². The average molecular weight is 566 g/mol. The van der Waals surface area contributed by atoms with Gasteiger partial charge in [0.25, 0.3) is 0 Å². The number of nitrogens with two attached hydrogens (primary N) is 2. The molecule has 0 aliphatic carbocycles. The molecular weight excluding hydrogens is 533 g/mol. The zero-order chi connectivity index (χ0) is 28.3. The molecule has 0 bridgehead atoms. The molecule has 3 aromatic rings. The van der Waals surface area contributed by atoms with Crippen molar-refractivity contribution in [3.05, 3.63) is 36.7 Å². The fourth-order valence-electron chi connectivity index (χ4n) is 4.06. The van der Waals surface area contributed by atoms with Crippen LogP contribution >= 0.6 is 7.75 Å². The number of carbonyl (C=O) groups is 1. The molecule has 0 radical (unpaired) electrons. The summed E-state index contributed by atoms with van der Waals surface area (Å²) in [5.74, 6) is -1.32.